The summed E-state index contributed by atoms with van der Waals surface area (Å²) in [6.07, 6.45) is 2.38. The summed E-state index contributed by atoms with van der Waals surface area (Å²) in [5.41, 5.74) is 2.15. The van der Waals surface area contributed by atoms with E-state index in [9.17, 15) is 4.79 Å². The number of carbonyl (C=O) groups is 1. The minimum Gasteiger partial charge on any atom is -0.380 e. The van der Waals surface area contributed by atoms with Crippen LogP contribution in [0.15, 0.2) is 41.8 Å². The van der Waals surface area contributed by atoms with Crippen LogP contribution in [-0.4, -0.2) is 13.0 Å². The second-order valence-electron chi connectivity index (χ2n) is 5.41. The zero-order chi connectivity index (χ0) is 14.7. The van der Waals surface area contributed by atoms with Gasteiger partial charge >= 0.3 is 0 Å². The Morgan fingerprint density at radius 1 is 1.33 bits per heavy atom. The molecule has 2 aromatic rings. The van der Waals surface area contributed by atoms with Crippen LogP contribution in [0.25, 0.3) is 0 Å². The predicted molar refractivity (Wildman–Crippen MR) is 84.4 cm³/mol. The predicted octanol–water partition coefficient (Wildman–Crippen LogP) is 3.78. The quantitative estimate of drug-likeness (QED) is 0.882. The molecule has 0 aliphatic heterocycles. The molecule has 1 atom stereocenters. The van der Waals surface area contributed by atoms with E-state index in [4.69, 9.17) is 4.74 Å². The summed E-state index contributed by atoms with van der Waals surface area (Å²) in [6, 6.07) is 12.3. The molecule has 1 aromatic carbocycles. The van der Waals surface area contributed by atoms with Crippen LogP contribution < -0.4 is 5.32 Å². The SMILES string of the molecule is COCc1ccsc1C(=O)N[C@H](c1ccccc1)C1CC1. The topological polar surface area (TPSA) is 38.3 Å². The number of rotatable bonds is 6. The van der Waals surface area contributed by atoms with Crippen LogP contribution in [0.2, 0.25) is 0 Å². The molecule has 21 heavy (non-hydrogen) atoms. The van der Waals surface area contributed by atoms with E-state index in [0.29, 0.717) is 12.5 Å². The van der Waals surface area contributed by atoms with E-state index in [1.807, 2.05) is 29.6 Å². The average Bonchev–Trinajstić information content (AvgIpc) is 3.25. The highest BCUT2D eigenvalue weighted by molar-refractivity contribution is 7.12. The number of thiophene rings is 1. The van der Waals surface area contributed by atoms with E-state index < -0.39 is 0 Å². The third-order valence-electron chi connectivity index (χ3n) is 3.79. The van der Waals surface area contributed by atoms with Crippen molar-refractivity contribution in [3.8, 4) is 0 Å². The smallest absolute Gasteiger partial charge is 0.262 e. The first-order valence-corrected chi connectivity index (χ1v) is 8.08. The third-order valence-corrected chi connectivity index (χ3v) is 4.75. The van der Waals surface area contributed by atoms with Crippen molar-refractivity contribution in [2.75, 3.05) is 7.11 Å². The Hall–Kier alpha value is -1.65. The Bertz CT molecular complexity index is 604. The highest BCUT2D eigenvalue weighted by atomic mass is 32.1. The summed E-state index contributed by atoms with van der Waals surface area (Å²) in [7, 11) is 1.65. The summed E-state index contributed by atoms with van der Waals surface area (Å²) in [5, 5.41) is 5.15. The van der Waals surface area contributed by atoms with E-state index in [1.54, 1.807) is 7.11 Å². The van der Waals surface area contributed by atoms with Gasteiger partial charge in [-0.2, -0.15) is 0 Å². The fourth-order valence-electron chi connectivity index (χ4n) is 2.57. The molecule has 1 aliphatic carbocycles. The Morgan fingerprint density at radius 2 is 2.10 bits per heavy atom. The third kappa shape index (κ3) is 3.34. The minimum absolute atomic E-state index is 0.0119. The van der Waals surface area contributed by atoms with Gasteiger partial charge < -0.3 is 10.1 Å². The lowest BCUT2D eigenvalue weighted by Crippen LogP contribution is -2.29. The van der Waals surface area contributed by atoms with Crippen LogP contribution in [0.1, 0.15) is 39.7 Å². The minimum atomic E-state index is 0.0119. The zero-order valence-corrected chi connectivity index (χ0v) is 12.9. The van der Waals surface area contributed by atoms with Crippen LogP contribution in [-0.2, 0) is 11.3 Å². The van der Waals surface area contributed by atoms with Gasteiger partial charge in [0.15, 0.2) is 0 Å². The zero-order valence-electron chi connectivity index (χ0n) is 12.0. The normalized spacial score (nSPS) is 15.7. The lowest BCUT2D eigenvalue weighted by Gasteiger charge is -2.18. The first-order chi connectivity index (χ1) is 10.3. The van der Waals surface area contributed by atoms with Gasteiger partial charge in [0.05, 0.1) is 17.5 Å². The standard InChI is InChI=1S/C17H19NO2S/c1-20-11-14-9-10-21-16(14)17(19)18-15(13-7-8-13)12-5-3-2-4-6-12/h2-6,9-10,13,15H,7-8,11H2,1H3,(H,18,19)/t15-/m1/s1. The van der Waals surface area contributed by atoms with Crippen molar-refractivity contribution < 1.29 is 9.53 Å². The number of methoxy groups -OCH3 is 1. The van der Waals surface area contributed by atoms with Gasteiger partial charge in [-0.15, -0.1) is 11.3 Å². The molecule has 3 rings (SSSR count). The van der Waals surface area contributed by atoms with Crippen molar-refractivity contribution in [3.05, 3.63) is 57.8 Å². The van der Waals surface area contributed by atoms with E-state index in [0.717, 1.165) is 10.4 Å². The molecule has 1 fully saturated rings. The van der Waals surface area contributed by atoms with Crippen LogP contribution in [0.3, 0.4) is 0 Å². The van der Waals surface area contributed by atoms with Crippen molar-refractivity contribution in [1.82, 2.24) is 5.32 Å². The van der Waals surface area contributed by atoms with E-state index >= 15 is 0 Å². The molecule has 0 unspecified atom stereocenters. The second-order valence-corrected chi connectivity index (χ2v) is 6.32. The molecule has 0 saturated heterocycles. The molecule has 1 saturated carbocycles. The summed E-state index contributed by atoms with van der Waals surface area (Å²) in [4.78, 5) is 13.3. The molecule has 1 aliphatic rings. The lowest BCUT2D eigenvalue weighted by atomic mass is 10.0. The van der Waals surface area contributed by atoms with Crippen LogP contribution >= 0.6 is 11.3 Å². The molecule has 1 amide bonds. The van der Waals surface area contributed by atoms with Crippen molar-refractivity contribution in [2.24, 2.45) is 5.92 Å². The van der Waals surface area contributed by atoms with Gasteiger partial charge in [0.2, 0.25) is 0 Å². The van der Waals surface area contributed by atoms with Gasteiger partial charge in [0.25, 0.3) is 5.91 Å². The number of hydrogen-bond acceptors (Lipinski definition) is 3. The van der Waals surface area contributed by atoms with Gasteiger partial charge in [-0.05, 0) is 35.8 Å². The molecule has 1 N–H and O–H groups in total. The van der Waals surface area contributed by atoms with Crippen molar-refractivity contribution in [3.63, 3.8) is 0 Å². The number of hydrogen-bond donors (Lipinski definition) is 1. The first kappa shape index (κ1) is 14.3. The summed E-state index contributed by atoms with van der Waals surface area (Å²) >= 11 is 1.47. The monoisotopic (exact) mass is 301 g/mol. The summed E-state index contributed by atoms with van der Waals surface area (Å²) < 4.78 is 5.15. The highest BCUT2D eigenvalue weighted by Gasteiger charge is 2.33. The molecular weight excluding hydrogens is 282 g/mol. The first-order valence-electron chi connectivity index (χ1n) is 7.20. The van der Waals surface area contributed by atoms with Gasteiger partial charge in [-0.1, -0.05) is 30.3 Å². The summed E-state index contributed by atoms with van der Waals surface area (Å²) in [5.74, 6) is 0.583. The van der Waals surface area contributed by atoms with E-state index in [2.05, 4.69) is 17.4 Å². The molecule has 0 bridgehead atoms. The molecular formula is C17H19NO2S. The Kier molecular flexibility index (Phi) is 4.36. The molecule has 1 heterocycles. The molecule has 3 nitrogen and oxygen atoms in total. The van der Waals surface area contributed by atoms with Crippen molar-refractivity contribution in [1.29, 1.82) is 0 Å². The maximum atomic E-state index is 12.6. The number of benzene rings is 1. The average molecular weight is 301 g/mol. The maximum absolute atomic E-state index is 12.6. The number of nitrogens with one attached hydrogen (secondary N) is 1. The van der Waals surface area contributed by atoms with E-state index in [1.165, 1.54) is 29.7 Å². The molecule has 1 aromatic heterocycles. The van der Waals surface area contributed by atoms with Gasteiger partial charge in [-0.3, -0.25) is 4.79 Å². The van der Waals surface area contributed by atoms with Gasteiger partial charge in [0, 0.05) is 12.7 Å². The fraction of sp³-hybridized carbons (Fsp3) is 0.353. The Balaban J connectivity index is 1.77. The second kappa shape index (κ2) is 6.41. The lowest BCUT2D eigenvalue weighted by molar-refractivity contribution is 0.0931. The van der Waals surface area contributed by atoms with E-state index in [-0.39, 0.29) is 11.9 Å². The van der Waals surface area contributed by atoms with Crippen LogP contribution in [0, 0.1) is 5.92 Å². The maximum Gasteiger partial charge on any atom is 0.262 e. The fourth-order valence-corrected chi connectivity index (χ4v) is 3.39. The van der Waals surface area contributed by atoms with Gasteiger partial charge in [-0.25, -0.2) is 0 Å². The van der Waals surface area contributed by atoms with Crippen LogP contribution in [0.4, 0.5) is 0 Å². The van der Waals surface area contributed by atoms with Crippen molar-refractivity contribution >= 4 is 17.2 Å². The Labute approximate surface area is 129 Å². The molecule has 4 heteroatoms. The number of carbonyl (C=O) groups excluding carboxylic acids is 1. The Morgan fingerprint density at radius 3 is 2.76 bits per heavy atom. The molecule has 0 spiro atoms. The molecule has 110 valence electrons. The largest absolute Gasteiger partial charge is 0.380 e. The number of ether oxygens (including phenoxy) is 1. The van der Waals surface area contributed by atoms with Crippen molar-refractivity contribution in [2.45, 2.75) is 25.5 Å². The summed E-state index contributed by atoms with van der Waals surface area (Å²) in [6.45, 7) is 0.478. The van der Waals surface area contributed by atoms with Crippen LogP contribution in [0.5, 0.6) is 0 Å². The number of amides is 1. The van der Waals surface area contributed by atoms with Gasteiger partial charge in [0.1, 0.15) is 0 Å². The molecule has 0 radical (unpaired) electrons. The highest BCUT2D eigenvalue weighted by Crippen LogP contribution is 2.41.